The Hall–Kier alpha value is -0.920. The highest BCUT2D eigenvalue weighted by Gasteiger charge is 2.17. The van der Waals surface area contributed by atoms with Gasteiger partial charge in [0.15, 0.2) is 0 Å². The van der Waals surface area contributed by atoms with Crippen LogP contribution in [0.4, 0.5) is 0 Å². The minimum Gasteiger partial charge on any atom is -0.372 e. The van der Waals surface area contributed by atoms with Crippen molar-refractivity contribution in [3.8, 4) is 0 Å². The lowest BCUT2D eigenvalue weighted by molar-refractivity contribution is 0.420. The van der Waals surface area contributed by atoms with Crippen molar-refractivity contribution in [3.05, 3.63) is 24.6 Å². The molecule has 0 bridgehead atoms. The Morgan fingerprint density at radius 2 is 2.00 bits per heavy atom. The summed E-state index contributed by atoms with van der Waals surface area (Å²) in [5.41, 5.74) is 1.45. The summed E-state index contributed by atoms with van der Waals surface area (Å²) in [6, 6.07) is 0. The van der Waals surface area contributed by atoms with Gasteiger partial charge >= 0.3 is 0 Å². The summed E-state index contributed by atoms with van der Waals surface area (Å²) in [6.45, 7) is 14.5. The highest BCUT2D eigenvalue weighted by molar-refractivity contribution is 5.09. The van der Waals surface area contributed by atoms with Crippen LogP contribution in [0.2, 0.25) is 0 Å². The molecular formula is C12H24N2. The fourth-order valence-corrected chi connectivity index (χ4v) is 1.24. The lowest BCUT2D eigenvalue weighted by Crippen LogP contribution is -2.39. The molecule has 0 fully saturated rings. The molecule has 0 amide bonds. The first kappa shape index (κ1) is 13.1. The third-order valence-electron chi connectivity index (χ3n) is 1.96. The molecule has 0 saturated heterocycles. The van der Waals surface area contributed by atoms with Crippen molar-refractivity contribution in [2.24, 2.45) is 5.41 Å². The number of hydrogen-bond acceptors (Lipinski definition) is 2. The van der Waals surface area contributed by atoms with E-state index in [1.54, 1.807) is 6.20 Å². The van der Waals surface area contributed by atoms with E-state index in [0.717, 1.165) is 6.42 Å². The van der Waals surface area contributed by atoms with Gasteiger partial charge in [-0.25, -0.2) is 0 Å². The zero-order chi connectivity index (χ0) is 11.2. The molecule has 1 atom stereocenters. The van der Waals surface area contributed by atoms with Gasteiger partial charge in [-0.05, 0) is 19.5 Å². The van der Waals surface area contributed by atoms with E-state index in [4.69, 9.17) is 0 Å². The van der Waals surface area contributed by atoms with Crippen LogP contribution in [0.5, 0.6) is 0 Å². The summed E-state index contributed by atoms with van der Waals surface area (Å²) in [5, 5.41) is 6.56. The van der Waals surface area contributed by atoms with E-state index >= 15 is 0 Å². The zero-order valence-electron chi connectivity index (χ0n) is 10.1. The summed E-state index contributed by atoms with van der Waals surface area (Å²) < 4.78 is 0. The van der Waals surface area contributed by atoms with E-state index in [0.29, 0.717) is 0 Å². The van der Waals surface area contributed by atoms with Gasteiger partial charge in [0.25, 0.3) is 0 Å². The zero-order valence-corrected chi connectivity index (χ0v) is 10.1. The molecule has 0 aliphatic carbocycles. The molecule has 2 heteroatoms. The lowest BCUT2D eigenvalue weighted by Gasteiger charge is -2.28. The molecule has 0 rings (SSSR count). The maximum Gasteiger partial charge on any atom is 0.0927 e. The quantitative estimate of drug-likeness (QED) is 0.661. The standard InChI is InChI=1S/C12H24N2/c1-7-9-11(12(4,5)6)14-10(3)13-8-2/h8-10,13-14H,2,7H2,1,3-6H3/b11-9-. The maximum absolute atomic E-state index is 3.65. The van der Waals surface area contributed by atoms with E-state index in [9.17, 15) is 0 Å². The molecule has 0 aliphatic rings. The fraction of sp³-hybridized carbons (Fsp3) is 0.667. The first-order valence-electron chi connectivity index (χ1n) is 5.26. The highest BCUT2D eigenvalue weighted by Crippen LogP contribution is 2.23. The first-order chi connectivity index (χ1) is 6.41. The van der Waals surface area contributed by atoms with Gasteiger partial charge in [-0.15, -0.1) is 0 Å². The van der Waals surface area contributed by atoms with Crippen molar-refractivity contribution in [3.63, 3.8) is 0 Å². The van der Waals surface area contributed by atoms with Gasteiger partial charge in [0.1, 0.15) is 0 Å². The van der Waals surface area contributed by atoms with Crippen LogP contribution < -0.4 is 10.6 Å². The molecular weight excluding hydrogens is 172 g/mol. The molecule has 2 N–H and O–H groups in total. The Labute approximate surface area is 88.5 Å². The molecule has 82 valence electrons. The van der Waals surface area contributed by atoms with Crippen molar-refractivity contribution in [1.82, 2.24) is 10.6 Å². The summed E-state index contributed by atoms with van der Waals surface area (Å²) in [7, 11) is 0. The number of hydrogen-bond donors (Lipinski definition) is 2. The molecule has 2 nitrogen and oxygen atoms in total. The summed E-state index contributed by atoms with van der Waals surface area (Å²) >= 11 is 0. The van der Waals surface area contributed by atoms with Crippen LogP contribution in [0.3, 0.4) is 0 Å². The summed E-state index contributed by atoms with van der Waals surface area (Å²) in [5.74, 6) is 0. The lowest BCUT2D eigenvalue weighted by atomic mass is 9.91. The van der Waals surface area contributed by atoms with E-state index in [1.807, 2.05) is 0 Å². The normalized spacial score (nSPS) is 14.8. The average Bonchev–Trinajstić information content (AvgIpc) is 2.02. The van der Waals surface area contributed by atoms with Crippen LogP contribution in [0, 0.1) is 5.41 Å². The summed E-state index contributed by atoms with van der Waals surface area (Å²) in [4.78, 5) is 0. The van der Waals surface area contributed by atoms with E-state index in [2.05, 4.69) is 57.9 Å². The van der Waals surface area contributed by atoms with Gasteiger partial charge in [-0.1, -0.05) is 40.3 Å². The second kappa shape index (κ2) is 5.74. The van der Waals surface area contributed by atoms with Crippen molar-refractivity contribution >= 4 is 0 Å². The van der Waals surface area contributed by atoms with Crippen LogP contribution >= 0.6 is 0 Å². The van der Waals surface area contributed by atoms with Crippen molar-refractivity contribution < 1.29 is 0 Å². The largest absolute Gasteiger partial charge is 0.372 e. The van der Waals surface area contributed by atoms with Crippen molar-refractivity contribution in [1.29, 1.82) is 0 Å². The van der Waals surface area contributed by atoms with Gasteiger partial charge < -0.3 is 10.6 Å². The topological polar surface area (TPSA) is 24.1 Å². The SMILES string of the molecule is C=CNC(C)N/C(=C\CC)C(C)(C)C. The molecule has 0 radical (unpaired) electrons. The molecule has 0 heterocycles. The molecule has 0 aromatic rings. The Morgan fingerprint density at radius 1 is 1.43 bits per heavy atom. The highest BCUT2D eigenvalue weighted by atomic mass is 15.1. The number of rotatable bonds is 5. The predicted molar refractivity (Wildman–Crippen MR) is 63.8 cm³/mol. The van der Waals surface area contributed by atoms with Gasteiger partial charge in [0.2, 0.25) is 0 Å². The van der Waals surface area contributed by atoms with Crippen LogP contribution in [-0.2, 0) is 0 Å². The third kappa shape index (κ3) is 4.95. The van der Waals surface area contributed by atoms with Crippen LogP contribution in [0.1, 0.15) is 41.0 Å². The third-order valence-corrected chi connectivity index (χ3v) is 1.96. The molecule has 0 aromatic heterocycles. The first-order valence-corrected chi connectivity index (χ1v) is 5.26. The molecule has 0 aliphatic heterocycles. The second-order valence-electron chi connectivity index (χ2n) is 4.51. The molecule has 14 heavy (non-hydrogen) atoms. The molecule has 0 saturated carbocycles. The number of allylic oxidation sites excluding steroid dienone is 2. The van der Waals surface area contributed by atoms with Crippen LogP contribution in [-0.4, -0.2) is 6.17 Å². The number of nitrogens with one attached hydrogen (secondary N) is 2. The van der Waals surface area contributed by atoms with Gasteiger partial charge in [-0.3, -0.25) is 0 Å². The molecule has 0 aromatic carbocycles. The molecule has 1 unspecified atom stereocenters. The fourth-order valence-electron chi connectivity index (χ4n) is 1.24. The predicted octanol–water partition coefficient (Wildman–Crippen LogP) is 3.00. The van der Waals surface area contributed by atoms with Gasteiger partial charge in [-0.2, -0.15) is 0 Å². The van der Waals surface area contributed by atoms with Gasteiger partial charge in [0.05, 0.1) is 6.17 Å². The van der Waals surface area contributed by atoms with E-state index < -0.39 is 0 Å². The van der Waals surface area contributed by atoms with Crippen LogP contribution in [0.25, 0.3) is 0 Å². The van der Waals surface area contributed by atoms with E-state index in [-0.39, 0.29) is 11.6 Å². The Morgan fingerprint density at radius 3 is 2.36 bits per heavy atom. The molecule has 0 spiro atoms. The van der Waals surface area contributed by atoms with Gasteiger partial charge in [0, 0.05) is 11.1 Å². The Balaban J connectivity index is 4.39. The minimum absolute atomic E-state index is 0.174. The maximum atomic E-state index is 3.65. The minimum atomic E-state index is 0.174. The Kier molecular flexibility index (Phi) is 5.36. The second-order valence-corrected chi connectivity index (χ2v) is 4.51. The summed E-state index contributed by atoms with van der Waals surface area (Å²) in [6.07, 6.45) is 5.23. The smallest absolute Gasteiger partial charge is 0.0927 e. The van der Waals surface area contributed by atoms with Crippen LogP contribution in [0.15, 0.2) is 24.6 Å². The average molecular weight is 196 g/mol. The van der Waals surface area contributed by atoms with Crippen molar-refractivity contribution in [2.75, 3.05) is 0 Å². The van der Waals surface area contributed by atoms with E-state index in [1.165, 1.54) is 5.70 Å². The monoisotopic (exact) mass is 196 g/mol. The van der Waals surface area contributed by atoms with Crippen molar-refractivity contribution in [2.45, 2.75) is 47.2 Å². The Bertz CT molecular complexity index is 199.